The van der Waals surface area contributed by atoms with Crippen LogP contribution in [-0.2, 0) is 0 Å². The number of halogens is 1. The van der Waals surface area contributed by atoms with Crippen molar-refractivity contribution in [2.75, 3.05) is 14.2 Å². The van der Waals surface area contributed by atoms with Crippen LogP contribution in [0, 0.1) is 13.8 Å². The van der Waals surface area contributed by atoms with E-state index in [2.05, 4.69) is 15.9 Å². The first-order chi connectivity index (χ1) is 9.49. The number of benzene rings is 1. The van der Waals surface area contributed by atoms with Gasteiger partial charge in [-0.3, -0.25) is 4.79 Å². The van der Waals surface area contributed by atoms with Crippen LogP contribution in [-0.4, -0.2) is 20.0 Å². The maximum absolute atomic E-state index is 12.6. The smallest absolute Gasteiger partial charge is 0.206 e. The van der Waals surface area contributed by atoms with Crippen LogP contribution in [0.5, 0.6) is 11.5 Å². The first kappa shape index (κ1) is 15.1. The molecule has 0 radical (unpaired) electrons. The molecule has 5 heteroatoms. The Hall–Kier alpha value is -1.33. The van der Waals surface area contributed by atoms with E-state index in [0.717, 1.165) is 15.3 Å². The van der Waals surface area contributed by atoms with Gasteiger partial charge in [-0.05, 0) is 53.5 Å². The van der Waals surface area contributed by atoms with Gasteiger partial charge in [-0.25, -0.2) is 0 Å². The molecule has 0 fully saturated rings. The van der Waals surface area contributed by atoms with Crippen LogP contribution in [0.25, 0.3) is 0 Å². The van der Waals surface area contributed by atoms with E-state index in [0.29, 0.717) is 21.5 Å². The van der Waals surface area contributed by atoms with Crippen molar-refractivity contribution in [3.8, 4) is 11.5 Å². The zero-order chi connectivity index (χ0) is 14.9. The highest BCUT2D eigenvalue weighted by atomic mass is 79.9. The molecule has 0 aliphatic heterocycles. The van der Waals surface area contributed by atoms with Gasteiger partial charge in [0.05, 0.1) is 24.7 Å². The van der Waals surface area contributed by atoms with E-state index in [1.807, 2.05) is 19.9 Å². The molecule has 0 saturated heterocycles. The molecule has 2 rings (SSSR count). The Balaban J connectivity index is 2.52. The number of methoxy groups -OCH3 is 2. The molecule has 0 spiro atoms. The van der Waals surface area contributed by atoms with Gasteiger partial charge in [0.2, 0.25) is 5.78 Å². The van der Waals surface area contributed by atoms with Crippen molar-refractivity contribution in [1.29, 1.82) is 0 Å². The number of ketones is 1. The number of hydrogen-bond acceptors (Lipinski definition) is 4. The number of ether oxygens (including phenoxy) is 2. The molecule has 0 atom stereocenters. The standard InChI is InChI=1S/C15H15BrO3S/c1-8-7-12(20-9(8)2)14(17)10-5-6-11(18-3)13(16)15(10)19-4/h5-7H,1-4H3. The van der Waals surface area contributed by atoms with E-state index >= 15 is 0 Å². The number of thiophene rings is 1. The number of aryl methyl sites for hydroxylation is 2. The lowest BCUT2D eigenvalue weighted by atomic mass is 10.1. The molecule has 1 aromatic carbocycles. The van der Waals surface area contributed by atoms with E-state index in [1.54, 1.807) is 26.4 Å². The molecular weight excluding hydrogens is 340 g/mol. The molecule has 1 aromatic heterocycles. The topological polar surface area (TPSA) is 35.5 Å². The molecule has 0 unspecified atom stereocenters. The maximum Gasteiger partial charge on any atom is 0.206 e. The Labute approximate surface area is 130 Å². The molecule has 0 aliphatic rings. The summed E-state index contributed by atoms with van der Waals surface area (Å²) in [6.07, 6.45) is 0. The van der Waals surface area contributed by atoms with E-state index in [1.165, 1.54) is 11.3 Å². The number of carbonyl (C=O) groups excluding carboxylic acids is 1. The Kier molecular flexibility index (Phi) is 4.50. The van der Waals surface area contributed by atoms with Gasteiger partial charge in [-0.1, -0.05) is 0 Å². The van der Waals surface area contributed by atoms with E-state index in [9.17, 15) is 4.79 Å². The minimum Gasteiger partial charge on any atom is -0.495 e. The monoisotopic (exact) mass is 354 g/mol. The van der Waals surface area contributed by atoms with Crippen molar-refractivity contribution in [2.24, 2.45) is 0 Å². The van der Waals surface area contributed by atoms with Crippen molar-refractivity contribution in [1.82, 2.24) is 0 Å². The number of carbonyl (C=O) groups is 1. The maximum atomic E-state index is 12.6. The van der Waals surface area contributed by atoms with Crippen molar-refractivity contribution in [3.63, 3.8) is 0 Å². The van der Waals surface area contributed by atoms with Crippen LogP contribution in [0.15, 0.2) is 22.7 Å². The van der Waals surface area contributed by atoms with E-state index in [-0.39, 0.29) is 5.78 Å². The summed E-state index contributed by atoms with van der Waals surface area (Å²) in [5.41, 5.74) is 1.66. The molecule has 0 amide bonds. The molecule has 0 N–H and O–H groups in total. The highest BCUT2D eigenvalue weighted by molar-refractivity contribution is 9.10. The Morgan fingerprint density at radius 1 is 1.20 bits per heavy atom. The second kappa shape index (κ2) is 5.97. The van der Waals surface area contributed by atoms with Crippen LogP contribution in [0.3, 0.4) is 0 Å². The zero-order valence-electron chi connectivity index (χ0n) is 11.7. The van der Waals surface area contributed by atoms with Crippen LogP contribution in [0.4, 0.5) is 0 Å². The normalized spacial score (nSPS) is 10.4. The summed E-state index contributed by atoms with van der Waals surface area (Å²) >= 11 is 4.91. The molecule has 0 bridgehead atoms. The SMILES string of the molecule is COc1ccc(C(=O)c2cc(C)c(C)s2)c(OC)c1Br. The Morgan fingerprint density at radius 2 is 1.90 bits per heavy atom. The zero-order valence-corrected chi connectivity index (χ0v) is 14.1. The van der Waals surface area contributed by atoms with Crippen LogP contribution >= 0.6 is 27.3 Å². The summed E-state index contributed by atoms with van der Waals surface area (Å²) in [6, 6.07) is 5.40. The van der Waals surface area contributed by atoms with Crippen molar-refractivity contribution in [2.45, 2.75) is 13.8 Å². The predicted molar refractivity (Wildman–Crippen MR) is 84.5 cm³/mol. The first-order valence-corrected chi connectivity index (χ1v) is 7.62. The Morgan fingerprint density at radius 3 is 2.40 bits per heavy atom. The fourth-order valence-corrected chi connectivity index (χ4v) is 3.55. The second-order valence-corrected chi connectivity index (χ2v) is 6.39. The lowest BCUT2D eigenvalue weighted by Gasteiger charge is -2.12. The Bertz CT molecular complexity index is 642. The van der Waals surface area contributed by atoms with Gasteiger partial charge in [0, 0.05) is 4.88 Å². The van der Waals surface area contributed by atoms with Crippen LogP contribution < -0.4 is 9.47 Å². The van der Waals surface area contributed by atoms with Gasteiger partial charge >= 0.3 is 0 Å². The molecule has 3 nitrogen and oxygen atoms in total. The highest BCUT2D eigenvalue weighted by Gasteiger charge is 2.21. The molecule has 0 aliphatic carbocycles. The van der Waals surface area contributed by atoms with Gasteiger partial charge < -0.3 is 9.47 Å². The molecule has 2 aromatic rings. The second-order valence-electron chi connectivity index (χ2n) is 4.34. The summed E-state index contributed by atoms with van der Waals surface area (Å²) in [6.45, 7) is 4.02. The van der Waals surface area contributed by atoms with Crippen LogP contribution in [0.1, 0.15) is 25.7 Å². The largest absolute Gasteiger partial charge is 0.495 e. The molecule has 20 heavy (non-hydrogen) atoms. The number of hydrogen-bond donors (Lipinski definition) is 0. The van der Waals surface area contributed by atoms with Crippen molar-refractivity contribution < 1.29 is 14.3 Å². The lowest BCUT2D eigenvalue weighted by molar-refractivity contribution is 0.103. The summed E-state index contributed by atoms with van der Waals surface area (Å²) in [7, 11) is 3.12. The summed E-state index contributed by atoms with van der Waals surface area (Å²) in [5, 5.41) is 0. The molecule has 0 saturated carbocycles. The molecular formula is C15H15BrO3S. The third-order valence-electron chi connectivity index (χ3n) is 3.12. The minimum atomic E-state index is -0.0357. The van der Waals surface area contributed by atoms with Crippen molar-refractivity contribution >= 4 is 33.0 Å². The van der Waals surface area contributed by atoms with Gasteiger partial charge in [-0.15, -0.1) is 11.3 Å². The van der Waals surface area contributed by atoms with Gasteiger partial charge in [0.1, 0.15) is 16.0 Å². The summed E-state index contributed by atoms with van der Waals surface area (Å²) in [4.78, 5) is 14.5. The minimum absolute atomic E-state index is 0.0357. The average Bonchev–Trinajstić information content (AvgIpc) is 2.77. The fraction of sp³-hybridized carbons (Fsp3) is 0.267. The van der Waals surface area contributed by atoms with Gasteiger partial charge in [-0.2, -0.15) is 0 Å². The van der Waals surface area contributed by atoms with Crippen molar-refractivity contribution in [3.05, 3.63) is 43.6 Å². The third kappa shape index (κ3) is 2.60. The lowest BCUT2D eigenvalue weighted by Crippen LogP contribution is -2.03. The van der Waals surface area contributed by atoms with Crippen LogP contribution in [0.2, 0.25) is 0 Å². The fourth-order valence-electron chi connectivity index (χ4n) is 1.89. The van der Waals surface area contributed by atoms with E-state index < -0.39 is 0 Å². The van der Waals surface area contributed by atoms with Gasteiger partial charge in [0.15, 0.2) is 0 Å². The third-order valence-corrected chi connectivity index (χ3v) is 5.02. The summed E-state index contributed by atoms with van der Waals surface area (Å²) < 4.78 is 11.2. The first-order valence-electron chi connectivity index (χ1n) is 6.01. The predicted octanol–water partition coefficient (Wildman–Crippen LogP) is 4.38. The number of rotatable bonds is 4. The van der Waals surface area contributed by atoms with Gasteiger partial charge in [0.25, 0.3) is 0 Å². The molecule has 106 valence electrons. The summed E-state index contributed by atoms with van der Waals surface area (Å²) in [5.74, 6) is 1.10. The van der Waals surface area contributed by atoms with E-state index in [4.69, 9.17) is 9.47 Å². The molecule has 1 heterocycles. The quantitative estimate of drug-likeness (QED) is 0.764. The highest BCUT2D eigenvalue weighted by Crippen LogP contribution is 2.38. The average molecular weight is 355 g/mol.